The summed E-state index contributed by atoms with van der Waals surface area (Å²) in [5, 5.41) is 7.35. The van der Waals surface area contributed by atoms with Crippen LogP contribution in [0.2, 0.25) is 0 Å². The Labute approximate surface area is 103 Å². The van der Waals surface area contributed by atoms with Crippen molar-refractivity contribution in [3.8, 4) is 6.19 Å². The molecule has 0 aliphatic heterocycles. The Balaban J connectivity index is 3.41. The minimum atomic E-state index is -4.63. The van der Waals surface area contributed by atoms with Crippen molar-refractivity contribution < 1.29 is 17.4 Å². The zero-order valence-corrected chi connectivity index (χ0v) is 10.4. The van der Waals surface area contributed by atoms with Gasteiger partial charge in [0.25, 0.3) is 0 Å². The molecular formula is C10H10F3N3OS. The predicted octanol–water partition coefficient (Wildman–Crippen LogP) is 2.74. The predicted molar refractivity (Wildman–Crippen MR) is 59.8 cm³/mol. The third kappa shape index (κ3) is 2.98. The van der Waals surface area contributed by atoms with Crippen LogP contribution in [0.15, 0.2) is 22.7 Å². The van der Waals surface area contributed by atoms with Crippen molar-refractivity contribution in [2.45, 2.75) is 18.3 Å². The van der Waals surface area contributed by atoms with Gasteiger partial charge < -0.3 is 0 Å². The quantitative estimate of drug-likeness (QED) is 0.781. The highest BCUT2D eigenvalue weighted by molar-refractivity contribution is 7.93. The van der Waals surface area contributed by atoms with E-state index in [1.54, 1.807) is 0 Å². The number of nitriles is 1. The van der Waals surface area contributed by atoms with E-state index in [2.05, 4.69) is 9.35 Å². The number of pyridine rings is 1. The first kappa shape index (κ1) is 14.4. The summed E-state index contributed by atoms with van der Waals surface area (Å²) in [7, 11) is -3.07. The van der Waals surface area contributed by atoms with E-state index in [9.17, 15) is 17.4 Å². The van der Waals surface area contributed by atoms with Gasteiger partial charge in [-0.2, -0.15) is 18.4 Å². The molecule has 1 heterocycles. The summed E-state index contributed by atoms with van der Waals surface area (Å²) in [5.41, 5.74) is -1.32. The lowest BCUT2D eigenvalue weighted by Gasteiger charge is -2.17. The molecule has 98 valence electrons. The Kier molecular flexibility index (Phi) is 3.96. The van der Waals surface area contributed by atoms with E-state index in [0.29, 0.717) is 0 Å². The molecule has 8 heteroatoms. The first-order valence-electron chi connectivity index (χ1n) is 4.81. The average molecular weight is 277 g/mol. The highest BCUT2D eigenvalue weighted by atomic mass is 32.2. The minimum absolute atomic E-state index is 0.225. The van der Waals surface area contributed by atoms with Crippen LogP contribution >= 0.6 is 0 Å². The summed E-state index contributed by atoms with van der Waals surface area (Å²) in [6.45, 7) is 1.33. The summed E-state index contributed by atoms with van der Waals surface area (Å²) in [6, 6.07) is 2.51. The largest absolute Gasteiger partial charge is 0.433 e. The highest BCUT2D eigenvalue weighted by Crippen LogP contribution is 2.35. The molecule has 0 amide bonds. The summed E-state index contributed by atoms with van der Waals surface area (Å²) in [4.78, 5) is 3.27. The van der Waals surface area contributed by atoms with Gasteiger partial charge in [0.1, 0.15) is 5.69 Å². The number of aromatic nitrogens is 1. The lowest BCUT2D eigenvalue weighted by molar-refractivity contribution is -0.141. The molecule has 0 aromatic carbocycles. The number of hydrogen-bond donors (Lipinski definition) is 0. The second kappa shape index (κ2) is 4.94. The normalized spacial score (nSPS) is 16.4. The molecule has 1 rings (SSSR count). The molecule has 4 nitrogen and oxygen atoms in total. The molecule has 0 aliphatic carbocycles. The van der Waals surface area contributed by atoms with Crippen molar-refractivity contribution in [2.24, 2.45) is 4.36 Å². The fourth-order valence-corrected chi connectivity index (χ4v) is 2.36. The van der Waals surface area contributed by atoms with Crippen molar-refractivity contribution in [3.05, 3.63) is 29.6 Å². The zero-order chi connectivity index (χ0) is 14.0. The maximum absolute atomic E-state index is 12.7. The zero-order valence-electron chi connectivity index (χ0n) is 9.60. The molecule has 0 spiro atoms. The van der Waals surface area contributed by atoms with Crippen LogP contribution in [0.25, 0.3) is 0 Å². The summed E-state index contributed by atoms with van der Waals surface area (Å²) < 4.78 is 53.4. The number of alkyl halides is 3. The van der Waals surface area contributed by atoms with Crippen LogP contribution in [0.3, 0.4) is 0 Å². The molecule has 1 aromatic rings. The van der Waals surface area contributed by atoms with Gasteiger partial charge in [-0.05, 0) is 18.6 Å². The first-order chi connectivity index (χ1) is 8.20. The van der Waals surface area contributed by atoms with E-state index in [-0.39, 0.29) is 5.56 Å². The highest BCUT2D eigenvalue weighted by Gasteiger charge is 2.37. The third-order valence-corrected chi connectivity index (χ3v) is 4.43. The Morgan fingerprint density at radius 3 is 2.67 bits per heavy atom. The molecule has 0 N–H and O–H groups in total. The van der Waals surface area contributed by atoms with Crippen LogP contribution in [-0.4, -0.2) is 15.4 Å². The third-order valence-electron chi connectivity index (χ3n) is 2.42. The average Bonchev–Trinajstić information content (AvgIpc) is 2.27. The van der Waals surface area contributed by atoms with Gasteiger partial charge in [0.2, 0.25) is 6.19 Å². The lowest BCUT2D eigenvalue weighted by Crippen LogP contribution is -2.17. The molecule has 2 unspecified atom stereocenters. The van der Waals surface area contributed by atoms with Gasteiger partial charge in [0.05, 0.1) is 15.0 Å². The second-order valence-electron chi connectivity index (χ2n) is 3.63. The molecule has 0 saturated heterocycles. The van der Waals surface area contributed by atoms with Crippen LogP contribution in [0.4, 0.5) is 13.2 Å². The maximum atomic E-state index is 12.7. The molecular weight excluding hydrogens is 267 g/mol. The van der Waals surface area contributed by atoms with Crippen molar-refractivity contribution in [3.63, 3.8) is 0 Å². The van der Waals surface area contributed by atoms with Gasteiger partial charge >= 0.3 is 6.18 Å². The second-order valence-corrected chi connectivity index (χ2v) is 6.25. The van der Waals surface area contributed by atoms with Crippen molar-refractivity contribution >= 4 is 9.73 Å². The van der Waals surface area contributed by atoms with Gasteiger partial charge in [0, 0.05) is 12.5 Å². The van der Waals surface area contributed by atoms with Gasteiger partial charge in [-0.1, -0.05) is 6.07 Å². The number of rotatable bonds is 2. The van der Waals surface area contributed by atoms with E-state index in [1.807, 2.05) is 0 Å². The Hall–Kier alpha value is -1.62. The molecule has 0 radical (unpaired) electrons. The Morgan fingerprint density at radius 1 is 1.56 bits per heavy atom. The standard InChI is InChI=1S/C10H10F3N3OS/c1-7(18(2,17)16-6-14)8-4-3-5-15-9(8)10(11,12)13/h3-5,7H,1-2H3. The molecule has 0 bridgehead atoms. The van der Waals surface area contributed by atoms with Crippen LogP contribution in [-0.2, 0) is 15.9 Å². The van der Waals surface area contributed by atoms with E-state index in [1.165, 1.54) is 25.2 Å². The van der Waals surface area contributed by atoms with Crippen molar-refractivity contribution in [2.75, 3.05) is 6.26 Å². The van der Waals surface area contributed by atoms with E-state index in [4.69, 9.17) is 5.26 Å². The molecule has 0 saturated carbocycles. The fourth-order valence-electron chi connectivity index (χ4n) is 1.38. The van der Waals surface area contributed by atoms with Gasteiger partial charge in [-0.3, -0.25) is 4.98 Å². The van der Waals surface area contributed by atoms with Gasteiger partial charge in [-0.25, -0.2) is 4.21 Å². The topological polar surface area (TPSA) is 66.1 Å². The summed E-state index contributed by atoms with van der Waals surface area (Å²) in [5.74, 6) is 0. The molecule has 2 atom stereocenters. The molecule has 0 aliphatic rings. The fraction of sp³-hybridized carbons (Fsp3) is 0.400. The van der Waals surface area contributed by atoms with Crippen LogP contribution in [0, 0.1) is 11.5 Å². The van der Waals surface area contributed by atoms with E-state index >= 15 is 0 Å². The minimum Gasteiger partial charge on any atom is -0.251 e. The van der Waals surface area contributed by atoms with Crippen LogP contribution in [0.5, 0.6) is 0 Å². The number of halogens is 3. The van der Waals surface area contributed by atoms with E-state index in [0.717, 1.165) is 12.5 Å². The summed E-state index contributed by atoms with van der Waals surface area (Å²) >= 11 is 0. The van der Waals surface area contributed by atoms with Crippen molar-refractivity contribution in [1.82, 2.24) is 4.98 Å². The maximum Gasteiger partial charge on any atom is 0.433 e. The smallest absolute Gasteiger partial charge is 0.251 e. The SMILES string of the molecule is CC(c1cccnc1C(F)(F)F)S(C)(=O)=NC#N. The van der Waals surface area contributed by atoms with Crippen LogP contribution in [0.1, 0.15) is 23.4 Å². The van der Waals surface area contributed by atoms with Gasteiger partial charge in [0.15, 0.2) is 0 Å². The van der Waals surface area contributed by atoms with Gasteiger partial charge in [-0.15, -0.1) is 4.36 Å². The molecule has 18 heavy (non-hydrogen) atoms. The van der Waals surface area contributed by atoms with Crippen molar-refractivity contribution in [1.29, 1.82) is 5.26 Å². The Morgan fingerprint density at radius 2 is 2.17 bits per heavy atom. The molecule has 1 aromatic heterocycles. The van der Waals surface area contributed by atoms with Crippen LogP contribution < -0.4 is 0 Å². The summed E-state index contributed by atoms with van der Waals surface area (Å²) in [6.07, 6.45) is -1.11. The lowest BCUT2D eigenvalue weighted by atomic mass is 10.1. The number of hydrogen-bond acceptors (Lipinski definition) is 4. The van der Waals surface area contributed by atoms with E-state index < -0.39 is 26.8 Å². The molecule has 0 fully saturated rings. The first-order valence-corrected chi connectivity index (χ1v) is 6.80. The monoisotopic (exact) mass is 277 g/mol. The Bertz CT molecular complexity index is 597. The number of nitrogens with zero attached hydrogens (tertiary/aromatic N) is 3.